The summed E-state index contributed by atoms with van der Waals surface area (Å²) in [5.74, 6) is -0.460. The van der Waals surface area contributed by atoms with E-state index < -0.39 is 10.8 Å². The molecule has 0 spiro atoms. The van der Waals surface area contributed by atoms with Crippen molar-refractivity contribution in [1.29, 1.82) is 0 Å². The topological polar surface area (TPSA) is 101 Å². The summed E-state index contributed by atoms with van der Waals surface area (Å²) in [6, 6.07) is 17.2. The van der Waals surface area contributed by atoms with E-state index >= 15 is 0 Å². The summed E-state index contributed by atoms with van der Waals surface area (Å²) in [4.78, 5) is 35.5. The quantitative estimate of drug-likeness (QED) is 0.252. The number of carbonyl (C=O) groups excluding carboxylic acids is 2. The molecule has 31 heavy (non-hydrogen) atoms. The van der Waals surface area contributed by atoms with Crippen molar-refractivity contribution in [2.24, 2.45) is 0 Å². The maximum absolute atomic E-state index is 12.4. The monoisotopic (exact) mass is 475 g/mol. The predicted octanol–water partition coefficient (Wildman–Crippen LogP) is 5.88. The minimum atomic E-state index is -0.528. The molecule has 0 aliphatic carbocycles. The highest BCUT2D eigenvalue weighted by Gasteiger charge is 2.11. The molecule has 0 atom stereocenters. The van der Waals surface area contributed by atoms with Crippen molar-refractivity contribution in [1.82, 2.24) is 0 Å². The lowest BCUT2D eigenvalue weighted by molar-refractivity contribution is -0.384. The van der Waals surface area contributed by atoms with Crippen LogP contribution in [0.1, 0.15) is 10.4 Å². The Bertz CT molecular complexity index is 1140. The Labute approximate surface area is 191 Å². The van der Waals surface area contributed by atoms with Gasteiger partial charge in [0.2, 0.25) is 5.91 Å². The Morgan fingerprint density at radius 3 is 2.29 bits per heavy atom. The first-order valence-electron chi connectivity index (χ1n) is 8.85. The molecule has 0 bridgehead atoms. The van der Waals surface area contributed by atoms with Crippen molar-refractivity contribution in [2.75, 3.05) is 16.4 Å². The molecule has 0 saturated heterocycles. The summed E-state index contributed by atoms with van der Waals surface area (Å²) in [5, 5.41) is 16.9. The second-order valence-electron chi connectivity index (χ2n) is 6.25. The number of benzene rings is 3. The fourth-order valence-electron chi connectivity index (χ4n) is 2.52. The largest absolute Gasteiger partial charge is 0.325 e. The van der Waals surface area contributed by atoms with Crippen LogP contribution in [0.15, 0.2) is 71.6 Å². The summed E-state index contributed by atoms with van der Waals surface area (Å²) in [7, 11) is 0. The van der Waals surface area contributed by atoms with Gasteiger partial charge in [-0.15, -0.1) is 11.8 Å². The molecule has 3 rings (SSSR count). The lowest BCUT2D eigenvalue weighted by Gasteiger charge is -2.08. The SMILES string of the molecule is O=C(CSc1cccc(NC(=O)c2ccc([N+](=O)[O-])cc2)c1)Nc1ccc(Cl)c(Cl)c1. The number of nitro benzene ring substituents is 1. The number of nitro groups is 1. The normalized spacial score (nSPS) is 10.4. The van der Waals surface area contributed by atoms with Gasteiger partial charge in [-0.2, -0.15) is 0 Å². The number of rotatable bonds is 7. The molecule has 2 N–H and O–H groups in total. The molecule has 2 amide bonds. The maximum Gasteiger partial charge on any atom is 0.269 e. The van der Waals surface area contributed by atoms with Crippen LogP contribution in [-0.4, -0.2) is 22.5 Å². The smallest absolute Gasteiger partial charge is 0.269 e. The molecular weight excluding hydrogens is 461 g/mol. The number of halogens is 2. The van der Waals surface area contributed by atoms with Gasteiger partial charge in [0, 0.05) is 34.0 Å². The molecule has 0 fully saturated rings. The van der Waals surface area contributed by atoms with Crippen LogP contribution in [0.2, 0.25) is 10.0 Å². The lowest BCUT2D eigenvalue weighted by atomic mass is 10.2. The molecule has 0 heterocycles. The molecule has 0 saturated carbocycles. The summed E-state index contributed by atoms with van der Waals surface area (Å²) in [6.07, 6.45) is 0. The van der Waals surface area contributed by atoms with Gasteiger partial charge in [0.1, 0.15) is 0 Å². The van der Waals surface area contributed by atoms with Crippen LogP contribution >= 0.6 is 35.0 Å². The first-order valence-corrected chi connectivity index (χ1v) is 10.6. The van der Waals surface area contributed by atoms with E-state index in [2.05, 4.69) is 10.6 Å². The third-order valence-corrected chi connectivity index (χ3v) is 5.74. The summed E-state index contributed by atoms with van der Waals surface area (Å²) < 4.78 is 0. The molecule has 3 aromatic carbocycles. The van der Waals surface area contributed by atoms with Crippen LogP contribution in [0.4, 0.5) is 17.1 Å². The van der Waals surface area contributed by atoms with Crippen LogP contribution in [0.25, 0.3) is 0 Å². The van der Waals surface area contributed by atoms with Gasteiger partial charge in [-0.3, -0.25) is 19.7 Å². The zero-order chi connectivity index (χ0) is 22.4. The average Bonchev–Trinajstić information content (AvgIpc) is 2.75. The van der Waals surface area contributed by atoms with E-state index in [0.29, 0.717) is 27.0 Å². The number of hydrogen-bond acceptors (Lipinski definition) is 5. The Kier molecular flexibility index (Phi) is 7.51. The first-order chi connectivity index (χ1) is 14.8. The van der Waals surface area contributed by atoms with Gasteiger partial charge in [0.25, 0.3) is 11.6 Å². The van der Waals surface area contributed by atoms with Crippen molar-refractivity contribution in [3.8, 4) is 0 Å². The van der Waals surface area contributed by atoms with Gasteiger partial charge < -0.3 is 10.6 Å². The van der Waals surface area contributed by atoms with Gasteiger partial charge in [-0.25, -0.2) is 0 Å². The lowest BCUT2D eigenvalue weighted by Crippen LogP contribution is -2.14. The van der Waals surface area contributed by atoms with Gasteiger partial charge in [0.15, 0.2) is 0 Å². The molecule has 10 heteroatoms. The van der Waals surface area contributed by atoms with Crippen molar-refractivity contribution in [3.63, 3.8) is 0 Å². The Balaban J connectivity index is 1.56. The summed E-state index contributed by atoms with van der Waals surface area (Å²) in [6.45, 7) is 0. The van der Waals surface area contributed by atoms with Gasteiger partial charge in [-0.05, 0) is 48.5 Å². The third-order valence-electron chi connectivity index (χ3n) is 4.01. The minimum Gasteiger partial charge on any atom is -0.325 e. The van der Waals surface area contributed by atoms with Crippen molar-refractivity contribution in [2.45, 2.75) is 4.90 Å². The fourth-order valence-corrected chi connectivity index (χ4v) is 3.57. The highest BCUT2D eigenvalue weighted by molar-refractivity contribution is 8.00. The van der Waals surface area contributed by atoms with Crippen LogP contribution in [0, 0.1) is 10.1 Å². The number of amides is 2. The Morgan fingerprint density at radius 1 is 0.903 bits per heavy atom. The third kappa shape index (κ3) is 6.45. The van der Waals surface area contributed by atoms with Crippen LogP contribution in [0.3, 0.4) is 0 Å². The average molecular weight is 476 g/mol. The number of hydrogen-bond donors (Lipinski definition) is 2. The highest BCUT2D eigenvalue weighted by Crippen LogP contribution is 2.26. The number of carbonyl (C=O) groups is 2. The Morgan fingerprint density at radius 2 is 1.61 bits per heavy atom. The van der Waals surface area contributed by atoms with Crippen LogP contribution < -0.4 is 10.6 Å². The van der Waals surface area contributed by atoms with E-state index in [9.17, 15) is 19.7 Å². The van der Waals surface area contributed by atoms with E-state index in [4.69, 9.17) is 23.2 Å². The zero-order valence-electron chi connectivity index (χ0n) is 15.8. The van der Waals surface area contributed by atoms with Gasteiger partial charge in [-0.1, -0.05) is 29.3 Å². The second kappa shape index (κ2) is 10.3. The van der Waals surface area contributed by atoms with Crippen molar-refractivity contribution < 1.29 is 14.5 Å². The van der Waals surface area contributed by atoms with E-state index in [1.54, 1.807) is 36.4 Å². The Hall–Kier alpha value is -3.07. The van der Waals surface area contributed by atoms with Crippen molar-refractivity contribution >= 4 is 63.8 Å². The standard InChI is InChI=1S/C21H15Cl2N3O4S/c22-18-9-6-15(11-19(18)23)24-20(27)12-31-17-3-1-2-14(10-17)25-21(28)13-4-7-16(8-5-13)26(29)30/h1-11H,12H2,(H,24,27)(H,25,28). The van der Waals surface area contributed by atoms with Crippen LogP contribution in [0.5, 0.6) is 0 Å². The number of nitrogens with zero attached hydrogens (tertiary/aromatic N) is 1. The molecular formula is C21H15Cl2N3O4S. The molecule has 7 nitrogen and oxygen atoms in total. The van der Waals surface area contributed by atoms with Gasteiger partial charge >= 0.3 is 0 Å². The van der Waals surface area contributed by atoms with E-state index in [-0.39, 0.29) is 17.3 Å². The number of non-ortho nitro benzene ring substituents is 1. The van der Waals surface area contributed by atoms with Crippen molar-refractivity contribution in [3.05, 3.63) is 92.5 Å². The summed E-state index contributed by atoms with van der Waals surface area (Å²) >= 11 is 13.1. The molecule has 0 aromatic heterocycles. The zero-order valence-corrected chi connectivity index (χ0v) is 18.1. The van der Waals surface area contributed by atoms with Gasteiger partial charge in [0.05, 0.1) is 20.7 Å². The molecule has 3 aromatic rings. The summed E-state index contributed by atoms with van der Waals surface area (Å²) in [5.41, 5.74) is 1.29. The highest BCUT2D eigenvalue weighted by atomic mass is 35.5. The molecule has 0 aliphatic rings. The maximum atomic E-state index is 12.4. The number of anilines is 2. The number of thioether (sulfide) groups is 1. The molecule has 0 aliphatic heterocycles. The number of nitrogens with one attached hydrogen (secondary N) is 2. The predicted molar refractivity (Wildman–Crippen MR) is 123 cm³/mol. The molecule has 0 radical (unpaired) electrons. The molecule has 158 valence electrons. The van der Waals surface area contributed by atoms with E-state index in [0.717, 1.165) is 4.90 Å². The van der Waals surface area contributed by atoms with Crippen LogP contribution in [-0.2, 0) is 4.79 Å². The fraction of sp³-hybridized carbons (Fsp3) is 0.0476. The van der Waals surface area contributed by atoms with E-state index in [1.165, 1.54) is 36.0 Å². The first kappa shape index (κ1) is 22.6. The minimum absolute atomic E-state index is 0.0888. The second-order valence-corrected chi connectivity index (χ2v) is 8.11. The van der Waals surface area contributed by atoms with E-state index in [1.807, 2.05) is 6.07 Å². The molecule has 0 unspecified atom stereocenters.